The van der Waals surface area contributed by atoms with Crippen LogP contribution in [0.15, 0.2) is 54.6 Å². The second kappa shape index (κ2) is 8.56. The van der Waals surface area contributed by atoms with Crippen LogP contribution >= 0.6 is 7.60 Å². The zero-order valence-corrected chi connectivity index (χ0v) is 14.1. The minimum atomic E-state index is -4.65. The van der Waals surface area contributed by atoms with Gasteiger partial charge in [-0.2, -0.15) is 5.26 Å². The molecule has 2 rings (SSSR count). The highest BCUT2D eigenvalue weighted by atomic mass is 31.2. The van der Waals surface area contributed by atoms with Gasteiger partial charge in [0.1, 0.15) is 6.61 Å². The molecular weight excluding hydrogens is 343 g/mol. The fourth-order valence-corrected chi connectivity index (χ4v) is 3.06. The highest BCUT2D eigenvalue weighted by Crippen LogP contribution is 2.44. The Balaban J connectivity index is 2.14. The summed E-state index contributed by atoms with van der Waals surface area (Å²) in [6.07, 6.45) is 0.153. The lowest BCUT2D eigenvalue weighted by Gasteiger charge is -2.27. The number of carbonyl (C=O) groups is 1. The summed E-state index contributed by atoms with van der Waals surface area (Å²) >= 11 is 0. The summed E-state index contributed by atoms with van der Waals surface area (Å²) in [5.41, 5.74) is 1.77. The lowest BCUT2D eigenvalue weighted by molar-refractivity contribution is -0.184. The predicted molar refractivity (Wildman–Crippen MR) is 89.8 cm³/mol. The molecule has 0 spiro atoms. The largest absolute Gasteiger partial charge is 0.350 e. The van der Waals surface area contributed by atoms with E-state index in [1.165, 1.54) is 0 Å². The molecule has 8 heteroatoms. The molecule has 1 atom stereocenters. The molecule has 0 aliphatic carbocycles. The number of rotatable bonds is 8. The van der Waals surface area contributed by atoms with Gasteiger partial charge in [0.2, 0.25) is 6.41 Å². The van der Waals surface area contributed by atoms with Crippen molar-refractivity contribution >= 4 is 14.0 Å². The SMILES string of the molecule is N#Cc1ccc(CC(N(C=O)OCc2ccccc2)P(=O)(O)O)cc1. The van der Waals surface area contributed by atoms with Crippen LogP contribution in [-0.4, -0.2) is 27.0 Å². The molecule has 2 aromatic carbocycles. The maximum absolute atomic E-state index is 11.8. The average molecular weight is 360 g/mol. The third-order valence-corrected chi connectivity index (χ3v) is 4.70. The zero-order chi connectivity index (χ0) is 18.3. The van der Waals surface area contributed by atoms with E-state index >= 15 is 0 Å². The van der Waals surface area contributed by atoms with Crippen LogP contribution in [0.5, 0.6) is 0 Å². The second-order valence-corrected chi connectivity index (χ2v) is 7.08. The van der Waals surface area contributed by atoms with Gasteiger partial charge in [0.15, 0.2) is 5.78 Å². The van der Waals surface area contributed by atoms with Crippen molar-refractivity contribution in [2.24, 2.45) is 0 Å². The van der Waals surface area contributed by atoms with Crippen molar-refractivity contribution in [1.29, 1.82) is 5.26 Å². The molecule has 130 valence electrons. The fraction of sp³-hybridized carbons (Fsp3) is 0.176. The Morgan fingerprint density at radius 3 is 2.28 bits per heavy atom. The summed E-state index contributed by atoms with van der Waals surface area (Å²) in [6.45, 7) is 0.00342. The molecule has 2 aromatic rings. The van der Waals surface area contributed by atoms with Crippen LogP contribution < -0.4 is 0 Å². The van der Waals surface area contributed by atoms with E-state index in [0.717, 1.165) is 5.56 Å². The molecule has 2 N–H and O–H groups in total. The molecule has 1 unspecified atom stereocenters. The van der Waals surface area contributed by atoms with E-state index in [2.05, 4.69) is 0 Å². The van der Waals surface area contributed by atoms with Gasteiger partial charge < -0.3 is 9.79 Å². The summed E-state index contributed by atoms with van der Waals surface area (Å²) in [6, 6.07) is 17.2. The summed E-state index contributed by atoms with van der Waals surface area (Å²) in [5, 5.41) is 9.45. The molecular formula is C17H17N2O5P. The Morgan fingerprint density at radius 1 is 1.12 bits per heavy atom. The lowest BCUT2D eigenvalue weighted by atomic mass is 10.1. The van der Waals surface area contributed by atoms with Crippen LogP contribution in [0.4, 0.5) is 0 Å². The smallest absolute Gasteiger partial charge is 0.323 e. The van der Waals surface area contributed by atoms with Crippen LogP contribution in [0.2, 0.25) is 0 Å². The van der Waals surface area contributed by atoms with Gasteiger partial charge in [-0.3, -0.25) is 14.2 Å². The van der Waals surface area contributed by atoms with E-state index in [4.69, 9.17) is 10.1 Å². The molecule has 1 amide bonds. The summed E-state index contributed by atoms with van der Waals surface area (Å²) < 4.78 is 11.8. The third kappa shape index (κ3) is 5.52. The first-order valence-corrected chi connectivity index (χ1v) is 9.07. The Labute approximate surface area is 145 Å². The number of hydrogen-bond donors (Lipinski definition) is 2. The molecule has 25 heavy (non-hydrogen) atoms. The summed E-state index contributed by atoms with van der Waals surface area (Å²) in [5.74, 6) is -1.46. The van der Waals surface area contributed by atoms with Gasteiger partial charge in [-0.25, -0.2) is 5.06 Å². The molecule has 0 aliphatic rings. The van der Waals surface area contributed by atoms with Crippen molar-refractivity contribution in [2.75, 3.05) is 0 Å². The number of carbonyl (C=O) groups excluding carboxylic acids is 1. The minimum absolute atomic E-state index is 0.00342. The fourth-order valence-electron chi connectivity index (χ4n) is 2.19. The van der Waals surface area contributed by atoms with Crippen molar-refractivity contribution in [3.63, 3.8) is 0 Å². The predicted octanol–water partition coefficient (Wildman–Crippen LogP) is 2.19. The highest BCUT2D eigenvalue weighted by molar-refractivity contribution is 7.52. The van der Waals surface area contributed by atoms with Crippen LogP contribution in [0.1, 0.15) is 16.7 Å². The molecule has 0 fully saturated rings. The van der Waals surface area contributed by atoms with Crippen LogP contribution in [0.3, 0.4) is 0 Å². The number of hydrogen-bond acceptors (Lipinski definition) is 4. The van der Waals surface area contributed by atoms with Gasteiger partial charge >= 0.3 is 7.60 Å². The number of nitrogens with zero attached hydrogens (tertiary/aromatic N) is 2. The van der Waals surface area contributed by atoms with Crippen molar-refractivity contribution in [1.82, 2.24) is 5.06 Å². The van der Waals surface area contributed by atoms with Gasteiger partial charge in [0.25, 0.3) is 0 Å². The number of benzene rings is 2. The van der Waals surface area contributed by atoms with E-state index in [1.54, 1.807) is 48.5 Å². The first-order chi connectivity index (χ1) is 11.9. The van der Waals surface area contributed by atoms with E-state index < -0.39 is 13.4 Å². The molecule has 0 radical (unpaired) electrons. The Hall–Kier alpha value is -2.49. The van der Waals surface area contributed by atoms with E-state index in [1.807, 2.05) is 12.1 Å². The first-order valence-electron chi connectivity index (χ1n) is 7.39. The summed E-state index contributed by atoms with van der Waals surface area (Å²) in [7, 11) is -4.65. The van der Waals surface area contributed by atoms with Crippen molar-refractivity contribution < 1.29 is 24.0 Å². The van der Waals surface area contributed by atoms with Gasteiger partial charge in [0.05, 0.1) is 11.6 Å². The second-order valence-electron chi connectivity index (χ2n) is 5.31. The maximum atomic E-state index is 11.8. The number of nitriles is 1. The standard InChI is InChI=1S/C17H17N2O5P/c18-11-15-8-6-14(7-9-15)10-17(25(21,22)23)19(13-20)24-12-16-4-2-1-3-5-16/h1-9,13,17H,10,12H2,(H2,21,22,23). The Morgan fingerprint density at radius 2 is 1.76 bits per heavy atom. The van der Waals surface area contributed by atoms with Crippen molar-refractivity contribution in [3.8, 4) is 6.07 Å². The number of amides is 1. The molecule has 0 aliphatic heterocycles. The van der Waals surface area contributed by atoms with E-state index in [0.29, 0.717) is 16.2 Å². The van der Waals surface area contributed by atoms with E-state index in [9.17, 15) is 19.1 Å². The maximum Gasteiger partial charge on any atom is 0.350 e. The number of hydroxylamine groups is 2. The Bertz CT molecular complexity index is 783. The first kappa shape index (κ1) is 18.8. The van der Waals surface area contributed by atoms with E-state index in [-0.39, 0.29) is 19.4 Å². The Kier molecular flexibility index (Phi) is 6.45. The molecule has 0 saturated heterocycles. The molecule has 7 nitrogen and oxygen atoms in total. The van der Waals surface area contributed by atoms with Crippen molar-refractivity contribution in [2.45, 2.75) is 18.8 Å². The van der Waals surface area contributed by atoms with Gasteiger partial charge in [0, 0.05) is 6.42 Å². The van der Waals surface area contributed by atoms with Crippen LogP contribution in [-0.2, 0) is 27.2 Å². The van der Waals surface area contributed by atoms with Crippen molar-refractivity contribution in [3.05, 3.63) is 71.3 Å². The third-order valence-electron chi connectivity index (χ3n) is 3.51. The molecule has 0 aromatic heterocycles. The van der Waals surface area contributed by atoms with Gasteiger partial charge in [-0.15, -0.1) is 0 Å². The van der Waals surface area contributed by atoms with Gasteiger partial charge in [-0.05, 0) is 23.3 Å². The molecule has 0 saturated carbocycles. The van der Waals surface area contributed by atoms with Crippen LogP contribution in [0.25, 0.3) is 0 Å². The minimum Gasteiger partial charge on any atom is -0.323 e. The highest BCUT2D eigenvalue weighted by Gasteiger charge is 2.35. The van der Waals surface area contributed by atoms with Crippen LogP contribution in [0, 0.1) is 11.3 Å². The monoisotopic (exact) mass is 360 g/mol. The normalized spacial score (nSPS) is 12.2. The molecule has 0 heterocycles. The summed E-state index contributed by atoms with van der Waals surface area (Å²) in [4.78, 5) is 35.9. The lowest BCUT2D eigenvalue weighted by Crippen LogP contribution is -2.35. The zero-order valence-electron chi connectivity index (χ0n) is 13.2. The quantitative estimate of drug-likeness (QED) is 0.424. The topological polar surface area (TPSA) is 111 Å². The van der Waals surface area contributed by atoms with Gasteiger partial charge in [-0.1, -0.05) is 42.5 Å². The average Bonchev–Trinajstić information content (AvgIpc) is 2.61. The molecule has 0 bridgehead atoms.